The fourth-order valence-electron chi connectivity index (χ4n) is 2.33. The summed E-state index contributed by atoms with van der Waals surface area (Å²) in [5, 5.41) is 0. The van der Waals surface area contributed by atoms with E-state index in [4.69, 9.17) is 0 Å². The fraction of sp³-hybridized carbons (Fsp3) is 0.571. The first-order valence-corrected chi connectivity index (χ1v) is 7.79. The van der Waals surface area contributed by atoms with Crippen molar-refractivity contribution in [1.29, 1.82) is 0 Å². The van der Waals surface area contributed by atoms with Gasteiger partial charge >= 0.3 is 0 Å². The number of halogens is 1. The number of piperidine rings is 1. The summed E-state index contributed by atoms with van der Waals surface area (Å²) in [5.41, 5.74) is 0. The van der Waals surface area contributed by atoms with Crippen LogP contribution in [0.1, 0.15) is 19.3 Å². The summed E-state index contributed by atoms with van der Waals surface area (Å²) >= 11 is 0. The van der Waals surface area contributed by atoms with Gasteiger partial charge in [-0.25, -0.2) is 4.39 Å². The summed E-state index contributed by atoms with van der Waals surface area (Å²) in [7, 11) is 1.16. The van der Waals surface area contributed by atoms with E-state index < -0.39 is 10.8 Å². The molecular formula is C14H20FNOS. The lowest BCUT2D eigenvalue weighted by atomic mass is 9.95. The molecular weight excluding hydrogens is 249 g/mol. The molecule has 0 spiro atoms. The monoisotopic (exact) mass is 269 g/mol. The van der Waals surface area contributed by atoms with Crippen LogP contribution in [0.25, 0.3) is 0 Å². The molecule has 1 fully saturated rings. The van der Waals surface area contributed by atoms with Gasteiger partial charge in [0.1, 0.15) is 5.82 Å². The van der Waals surface area contributed by atoms with Crippen LogP contribution in [-0.2, 0) is 10.8 Å². The van der Waals surface area contributed by atoms with Crippen LogP contribution in [0.15, 0.2) is 29.2 Å². The van der Waals surface area contributed by atoms with E-state index >= 15 is 0 Å². The van der Waals surface area contributed by atoms with Crippen molar-refractivity contribution in [1.82, 2.24) is 4.90 Å². The Balaban J connectivity index is 1.79. The first-order chi connectivity index (χ1) is 8.65. The predicted octanol–water partition coefficient (Wildman–Crippen LogP) is 2.67. The minimum Gasteiger partial charge on any atom is -0.306 e. The van der Waals surface area contributed by atoms with Crippen LogP contribution >= 0.6 is 0 Å². The van der Waals surface area contributed by atoms with Crippen molar-refractivity contribution in [2.45, 2.75) is 24.2 Å². The number of nitrogens with zero attached hydrogens (tertiary/aromatic N) is 1. The molecule has 1 saturated heterocycles. The Labute approximate surface area is 111 Å². The topological polar surface area (TPSA) is 20.3 Å². The van der Waals surface area contributed by atoms with Gasteiger partial charge in [-0.05, 0) is 69.6 Å². The molecule has 0 radical (unpaired) electrons. The maximum atomic E-state index is 12.8. The maximum Gasteiger partial charge on any atom is 0.123 e. The molecule has 1 aromatic carbocycles. The lowest BCUT2D eigenvalue weighted by Gasteiger charge is -2.28. The predicted molar refractivity (Wildman–Crippen MR) is 72.5 cm³/mol. The Hall–Kier alpha value is -0.740. The summed E-state index contributed by atoms with van der Waals surface area (Å²) < 4.78 is 24.8. The van der Waals surface area contributed by atoms with Crippen molar-refractivity contribution < 1.29 is 8.60 Å². The van der Waals surface area contributed by atoms with Crippen molar-refractivity contribution in [2.24, 2.45) is 5.92 Å². The van der Waals surface area contributed by atoms with Gasteiger partial charge < -0.3 is 4.90 Å². The van der Waals surface area contributed by atoms with Crippen LogP contribution in [0, 0.1) is 11.7 Å². The number of hydrogen-bond acceptors (Lipinski definition) is 2. The molecule has 1 unspecified atom stereocenters. The van der Waals surface area contributed by atoms with Crippen LogP contribution in [-0.4, -0.2) is 35.0 Å². The van der Waals surface area contributed by atoms with E-state index in [1.807, 2.05) is 0 Å². The van der Waals surface area contributed by atoms with Crippen LogP contribution < -0.4 is 0 Å². The van der Waals surface area contributed by atoms with Gasteiger partial charge in [0, 0.05) is 10.6 Å². The molecule has 1 atom stereocenters. The van der Waals surface area contributed by atoms with Gasteiger partial charge in [-0.3, -0.25) is 4.21 Å². The summed E-state index contributed by atoms with van der Waals surface area (Å²) in [6.45, 7) is 2.29. The Kier molecular flexibility index (Phi) is 4.89. The second-order valence-electron chi connectivity index (χ2n) is 5.04. The van der Waals surface area contributed by atoms with Gasteiger partial charge in [-0.1, -0.05) is 0 Å². The van der Waals surface area contributed by atoms with E-state index in [-0.39, 0.29) is 5.82 Å². The molecule has 1 aliphatic heterocycles. The molecule has 0 aliphatic carbocycles. The van der Waals surface area contributed by atoms with Gasteiger partial charge in [0.05, 0.1) is 10.8 Å². The Morgan fingerprint density at radius 2 is 1.89 bits per heavy atom. The summed E-state index contributed by atoms with van der Waals surface area (Å²) in [6, 6.07) is 6.01. The van der Waals surface area contributed by atoms with Crippen LogP contribution in [0.2, 0.25) is 0 Å². The van der Waals surface area contributed by atoms with Gasteiger partial charge in [-0.2, -0.15) is 0 Å². The van der Waals surface area contributed by atoms with Crippen molar-refractivity contribution in [3.63, 3.8) is 0 Å². The third kappa shape index (κ3) is 3.89. The zero-order valence-electron chi connectivity index (χ0n) is 10.8. The smallest absolute Gasteiger partial charge is 0.123 e. The highest BCUT2D eigenvalue weighted by molar-refractivity contribution is 7.85. The third-order valence-electron chi connectivity index (χ3n) is 3.63. The molecule has 4 heteroatoms. The van der Waals surface area contributed by atoms with E-state index in [0.29, 0.717) is 11.7 Å². The second kappa shape index (κ2) is 6.43. The maximum absolute atomic E-state index is 12.8. The molecule has 2 rings (SSSR count). The van der Waals surface area contributed by atoms with Crippen molar-refractivity contribution >= 4 is 10.8 Å². The van der Waals surface area contributed by atoms with Crippen molar-refractivity contribution in [3.8, 4) is 0 Å². The highest BCUT2D eigenvalue weighted by Gasteiger charge is 2.17. The summed E-state index contributed by atoms with van der Waals surface area (Å²) in [5.74, 6) is 1.12. The van der Waals surface area contributed by atoms with E-state index in [1.165, 1.54) is 25.0 Å². The SMILES string of the molecule is CN1CCC(CCS(=O)c2ccc(F)cc2)CC1. The molecule has 0 aromatic heterocycles. The molecule has 1 aromatic rings. The zero-order valence-corrected chi connectivity index (χ0v) is 11.6. The Morgan fingerprint density at radius 3 is 2.50 bits per heavy atom. The van der Waals surface area contributed by atoms with Gasteiger partial charge in [0.25, 0.3) is 0 Å². The molecule has 0 bridgehead atoms. The molecule has 100 valence electrons. The van der Waals surface area contributed by atoms with Gasteiger partial charge in [0.15, 0.2) is 0 Å². The molecule has 0 saturated carbocycles. The standard InChI is InChI=1S/C14H20FNOS/c1-16-9-6-12(7-10-16)8-11-18(17)14-4-2-13(15)3-5-14/h2-5,12H,6-11H2,1H3. The normalized spacial score (nSPS) is 19.9. The van der Waals surface area contributed by atoms with Crippen LogP contribution in [0.3, 0.4) is 0 Å². The fourth-order valence-corrected chi connectivity index (χ4v) is 3.55. The number of hydrogen-bond donors (Lipinski definition) is 0. The van der Waals surface area contributed by atoms with E-state index in [1.54, 1.807) is 12.1 Å². The zero-order chi connectivity index (χ0) is 13.0. The van der Waals surface area contributed by atoms with E-state index in [9.17, 15) is 8.60 Å². The van der Waals surface area contributed by atoms with Crippen molar-refractivity contribution in [3.05, 3.63) is 30.1 Å². The molecule has 0 N–H and O–H groups in total. The minimum absolute atomic E-state index is 0.272. The summed E-state index contributed by atoms with van der Waals surface area (Å²) in [4.78, 5) is 3.08. The Morgan fingerprint density at radius 1 is 1.28 bits per heavy atom. The van der Waals surface area contributed by atoms with E-state index in [0.717, 1.165) is 24.4 Å². The molecule has 1 aliphatic rings. The highest BCUT2D eigenvalue weighted by Crippen LogP contribution is 2.21. The summed E-state index contributed by atoms with van der Waals surface area (Å²) in [6.07, 6.45) is 3.42. The lowest BCUT2D eigenvalue weighted by molar-refractivity contribution is 0.217. The minimum atomic E-state index is -0.982. The van der Waals surface area contributed by atoms with E-state index in [2.05, 4.69) is 11.9 Å². The first-order valence-electron chi connectivity index (χ1n) is 6.47. The molecule has 1 heterocycles. The van der Waals surface area contributed by atoms with Gasteiger partial charge in [0.2, 0.25) is 0 Å². The number of benzene rings is 1. The second-order valence-corrected chi connectivity index (χ2v) is 6.61. The Bertz CT molecular complexity index is 399. The largest absolute Gasteiger partial charge is 0.306 e. The molecule has 0 amide bonds. The first kappa shape index (κ1) is 13.7. The average molecular weight is 269 g/mol. The lowest BCUT2D eigenvalue weighted by Crippen LogP contribution is -2.30. The number of rotatable bonds is 4. The molecule has 2 nitrogen and oxygen atoms in total. The average Bonchev–Trinajstić information content (AvgIpc) is 2.38. The molecule has 18 heavy (non-hydrogen) atoms. The van der Waals surface area contributed by atoms with Gasteiger partial charge in [-0.15, -0.1) is 0 Å². The van der Waals surface area contributed by atoms with Crippen LogP contribution in [0.4, 0.5) is 4.39 Å². The number of likely N-dealkylation sites (tertiary alicyclic amines) is 1. The van der Waals surface area contributed by atoms with Crippen molar-refractivity contribution in [2.75, 3.05) is 25.9 Å². The highest BCUT2D eigenvalue weighted by atomic mass is 32.2. The van der Waals surface area contributed by atoms with Crippen LogP contribution in [0.5, 0.6) is 0 Å². The quantitative estimate of drug-likeness (QED) is 0.837. The third-order valence-corrected chi connectivity index (χ3v) is 5.03.